The summed E-state index contributed by atoms with van der Waals surface area (Å²) in [6, 6.07) is 0. The molecule has 0 atom stereocenters. The molecule has 0 radical (unpaired) electrons. The number of carbonyl (C=O) groups excluding carboxylic acids is 1. The Bertz CT molecular complexity index is 323. The Balaban J connectivity index is 4.75. The van der Waals surface area contributed by atoms with Crippen molar-refractivity contribution < 1.29 is 14.0 Å². The van der Waals surface area contributed by atoms with Gasteiger partial charge in [0, 0.05) is 12.5 Å². The van der Waals surface area contributed by atoms with Gasteiger partial charge >= 0.3 is 5.97 Å². The Kier molecular flexibility index (Phi) is 18.0. The summed E-state index contributed by atoms with van der Waals surface area (Å²) in [4.78, 5) is 11.3. The van der Waals surface area contributed by atoms with Gasteiger partial charge in [-0.05, 0) is 38.5 Å². The molecule has 0 aromatic carbocycles. The van der Waals surface area contributed by atoms with Gasteiger partial charge in [-0.15, -0.1) is 0 Å². The first-order chi connectivity index (χ1) is 13.1. The van der Waals surface area contributed by atoms with Crippen molar-refractivity contribution in [2.24, 2.45) is 0 Å². The van der Waals surface area contributed by atoms with Gasteiger partial charge in [-0.2, -0.15) is 0 Å². The van der Waals surface area contributed by atoms with Gasteiger partial charge in [0.05, 0.1) is 32.8 Å². The van der Waals surface area contributed by atoms with Gasteiger partial charge in [0.25, 0.3) is 0 Å². The molecule has 0 rings (SSSR count). The molecule has 160 valence electrons. The highest BCUT2D eigenvalue weighted by molar-refractivity contribution is 5.81. The summed E-state index contributed by atoms with van der Waals surface area (Å²) < 4.78 is 6.49. The normalized spacial score (nSPS) is 11.5. The third kappa shape index (κ3) is 14.8. The van der Waals surface area contributed by atoms with Crippen molar-refractivity contribution in [3.05, 3.63) is 12.7 Å². The van der Waals surface area contributed by atoms with Crippen LogP contribution in [0.15, 0.2) is 12.7 Å². The van der Waals surface area contributed by atoms with Crippen LogP contribution < -0.4 is 0 Å². The van der Waals surface area contributed by atoms with E-state index in [0.717, 1.165) is 13.0 Å². The maximum absolute atomic E-state index is 11.3. The van der Waals surface area contributed by atoms with Gasteiger partial charge in [0.1, 0.15) is 0 Å². The molecule has 0 saturated carbocycles. The second-order valence-electron chi connectivity index (χ2n) is 8.14. The molecule has 0 unspecified atom stereocenters. The highest BCUT2D eigenvalue weighted by atomic mass is 16.5. The van der Waals surface area contributed by atoms with Crippen LogP contribution in [0.2, 0.25) is 0 Å². The standard InChI is InChI=1S/C24H48NO2/c1-5-9-12-15-19-25(20-16-13-10-6-2,21-17-14-11-7-3)22-18-23-27-24(26)8-4/h8H,4-7,9-23H2,1-3H3/q+1. The Labute approximate surface area is 170 Å². The summed E-state index contributed by atoms with van der Waals surface area (Å²) in [5.41, 5.74) is 0. The minimum absolute atomic E-state index is 0.290. The second-order valence-corrected chi connectivity index (χ2v) is 8.14. The highest BCUT2D eigenvalue weighted by Gasteiger charge is 2.26. The average molecular weight is 383 g/mol. The maximum Gasteiger partial charge on any atom is 0.330 e. The fourth-order valence-corrected chi connectivity index (χ4v) is 3.92. The molecule has 0 fully saturated rings. The number of ether oxygens (including phenoxy) is 1. The first-order valence-electron chi connectivity index (χ1n) is 11.8. The molecule has 0 heterocycles. The van der Waals surface area contributed by atoms with Crippen molar-refractivity contribution in [1.29, 1.82) is 0 Å². The van der Waals surface area contributed by atoms with Crippen LogP contribution in [0.5, 0.6) is 0 Å². The van der Waals surface area contributed by atoms with Gasteiger partial charge in [0.15, 0.2) is 0 Å². The van der Waals surface area contributed by atoms with Crippen molar-refractivity contribution >= 4 is 5.97 Å². The molecule has 3 heteroatoms. The van der Waals surface area contributed by atoms with Crippen LogP contribution in [0, 0.1) is 0 Å². The number of rotatable bonds is 20. The van der Waals surface area contributed by atoms with E-state index in [1.807, 2.05) is 0 Å². The molecule has 0 amide bonds. The average Bonchev–Trinajstić information content (AvgIpc) is 2.69. The molecule has 3 nitrogen and oxygen atoms in total. The van der Waals surface area contributed by atoms with Crippen LogP contribution in [-0.4, -0.2) is 43.2 Å². The van der Waals surface area contributed by atoms with Gasteiger partial charge in [-0.1, -0.05) is 65.9 Å². The lowest BCUT2D eigenvalue weighted by Gasteiger charge is -2.39. The first kappa shape index (κ1) is 26.2. The maximum atomic E-state index is 11.3. The van der Waals surface area contributed by atoms with Crippen LogP contribution in [0.25, 0.3) is 0 Å². The van der Waals surface area contributed by atoms with Crippen molar-refractivity contribution in [1.82, 2.24) is 0 Å². The molecular weight excluding hydrogens is 334 g/mol. The number of hydrogen-bond acceptors (Lipinski definition) is 2. The number of hydrogen-bond donors (Lipinski definition) is 0. The van der Waals surface area contributed by atoms with Crippen molar-refractivity contribution in [2.75, 3.05) is 32.8 Å². The summed E-state index contributed by atoms with van der Waals surface area (Å²) in [7, 11) is 0. The van der Waals surface area contributed by atoms with Crippen LogP contribution in [0.3, 0.4) is 0 Å². The summed E-state index contributed by atoms with van der Waals surface area (Å²) in [5, 5.41) is 0. The fourth-order valence-electron chi connectivity index (χ4n) is 3.92. The lowest BCUT2D eigenvalue weighted by molar-refractivity contribution is -0.929. The largest absolute Gasteiger partial charge is 0.462 e. The van der Waals surface area contributed by atoms with E-state index >= 15 is 0 Å². The van der Waals surface area contributed by atoms with E-state index in [0.29, 0.717) is 6.61 Å². The summed E-state index contributed by atoms with van der Waals surface area (Å²) in [6.45, 7) is 15.9. The first-order valence-corrected chi connectivity index (χ1v) is 11.8. The molecule has 0 aromatic heterocycles. The Morgan fingerprint density at radius 3 is 1.48 bits per heavy atom. The van der Waals surface area contributed by atoms with Crippen molar-refractivity contribution in [3.63, 3.8) is 0 Å². The summed E-state index contributed by atoms with van der Waals surface area (Å²) in [6.07, 6.45) is 18.2. The minimum Gasteiger partial charge on any atom is -0.462 e. The monoisotopic (exact) mass is 382 g/mol. The Morgan fingerprint density at radius 2 is 1.11 bits per heavy atom. The van der Waals surface area contributed by atoms with E-state index in [1.54, 1.807) is 0 Å². The molecule has 0 saturated heterocycles. The minimum atomic E-state index is -0.290. The molecule has 0 aliphatic heterocycles. The number of unbranched alkanes of at least 4 members (excludes halogenated alkanes) is 9. The number of carbonyl (C=O) groups is 1. The predicted octanol–water partition coefficient (Wildman–Crippen LogP) is 6.66. The van der Waals surface area contributed by atoms with Gasteiger partial charge in [-0.3, -0.25) is 0 Å². The Hall–Kier alpha value is -0.830. The molecule has 0 aliphatic carbocycles. The lowest BCUT2D eigenvalue weighted by atomic mass is 10.1. The van der Waals surface area contributed by atoms with Gasteiger partial charge < -0.3 is 9.22 Å². The SMILES string of the molecule is C=CC(=O)OCCC[N+](CCCCCC)(CCCCCC)CCCCCC. The molecule has 0 aromatic rings. The van der Waals surface area contributed by atoms with E-state index in [1.165, 1.54) is 107 Å². The van der Waals surface area contributed by atoms with Gasteiger partial charge in [-0.25, -0.2) is 4.79 Å². The topological polar surface area (TPSA) is 26.3 Å². The highest BCUT2D eigenvalue weighted by Crippen LogP contribution is 2.18. The van der Waals surface area contributed by atoms with E-state index in [4.69, 9.17) is 4.74 Å². The zero-order valence-corrected chi connectivity index (χ0v) is 18.8. The number of nitrogens with zero attached hydrogens (tertiary/aromatic N) is 1. The van der Waals surface area contributed by atoms with Crippen LogP contribution >= 0.6 is 0 Å². The van der Waals surface area contributed by atoms with E-state index in [-0.39, 0.29) is 5.97 Å². The molecule has 0 bridgehead atoms. The smallest absolute Gasteiger partial charge is 0.330 e. The van der Waals surface area contributed by atoms with Crippen LogP contribution in [0.4, 0.5) is 0 Å². The zero-order valence-electron chi connectivity index (χ0n) is 18.8. The van der Waals surface area contributed by atoms with E-state index < -0.39 is 0 Å². The third-order valence-electron chi connectivity index (χ3n) is 5.65. The van der Waals surface area contributed by atoms with Crippen molar-refractivity contribution in [2.45, 2.75) is 104 Å². The lowest BCUT2D eigenvalue weighted by Crippen LogP contribution is -2.51. The fraction of sp³-hybridized carbons (Fsp3) is 0.875. The zero-order chi connectivity index (χ0) is 20.2. The van der Waals surface area contributed by atoms with E-state index in [9.17, 15) is 4.79 Å². The molecule has 27 heavy (non-hydrogen) atoms. The predicted molar refractivity (Wildman–Crippen MR) is 118 cm³/mol. The number of quaternary nitrogens is 1. The van der Waals surface area contributed by atoms with E-state index in [2.05, 4.69) is 27.4 Å². The van der Waals surface area contributed by atoms with Crippen LogP contribution in [0.1, 0.15) is 104 Å². The third-order valence-corrected chi connectivity index (χ3v) is 5.65. The quantitative estimate of drug-likeness (QED) is 0.102. The molecular formula is C24H48NO2+. The summed E-state index contributed by atoms with van der Waals surface area (Å²) >= 11 is 0. The molecule has 0 spiro atoms. The number of esters is 1. The van der Waals surface area contributed by atoms with Crippen molar-refractivity contribution in [3.8, 4) is 0 Å². The molecule has 0 N–H and O–H groups in total. The van der Waals surface area contributed by atoms with Gasteiger partial charge in [0.2, 0.25) is 0 Å². The molecule has 0 aliphatic rings. The second kappa shape index (κ2) is 18.5. The Morgan fingerprint density at radius 1 is 0.704 bits per heavy atom. The summed E-state index contributed by atoms with van der Waals surface area (Å²) in [5.74, 6) is -0.290. The van der Waals surface area contributed by atoms with Crippen LogP contribution in [-0.2, 0) is 9.53 Å².